The Labute approximate surface area is 174 Å². The quantitative estimate of drug-likeness (QED) is 0.657. The van der Waals surface area contributed by atoms with Crippen LogP contribution in [0.5, 0.6) is 0 Å². The minimum absolute atomic E-state index is 0.0605. The predicted molar refractivity (Wildman–Crippen MR) is 110 cm³/mol. The summed E-state index contributed by atoms with van der Waals surface area (Å²) < 4.78 is 27.3. The van der Waals surface area contributed by atoms with Gasteiger partial charge in [0.2, 0.25) is 5.91 Å². The summed E-state index contributed by atoms with van der Waals surface area (Å²) in [6, 6.07) is 7.30. The Hall–Kier alpha value is -1.85. The van der Waals surface area contributed by atoms with E-state index in [0.717, 1.165) is 5.56 Å². The number of carbonyl (C=O) groups is 1. The van der Waals surface area contributed by atoms with Crippen molar-refractivity contribution < 1.29 is 13.2 Å². The first kappa shape index (κ1) is 20.4. The third-order valence-corrected chi connectivity index (χ3v) is 8.89. The number of nitrogens with one attached hydrogen (secondary N) is 3. The van der Waals surface area contributed by atoms with Crippen molar-refractivity contribution in [1.29, 1.82) is 0 Å². The Morgan fingerprint density at radius 3 is 2.79 bits per heavy atom. The summed E-state index contributed by atoms with van der Waals surface area (Å²) in [6.45, 7) is 2.74. The molecule has 3 N–H and O–H groups in total. The topological polar surface area (TPSA) is 103 Å². The van der Waals surface area contributed by atoms with Crippen molar-refractivity contribution in [3.05, 3.63) is 47.6 Å². The van der Waals surface area contributed by atoms with Gasteiger partial charge in [-0.15, -0.1) is 11.3 Å². The van der Waals surface area contributed by atoms with Crippen LogP contribution in [-0.4, -0.2) is 42.9 Å². The molecule has 0 radical (unpaired) electrons. The number of piperidine rings is 1. The first-order chi connectivity index (χ1) is 14.0. The van der Waals surface area contributed by atoms with Crippen LogP contribution in [-0.2, 0) is 14.8 Å². The lowest BCUT2D eigenvalue weighted by molar-refractivity contribution is -0.127. The van der Waals surface area contributed by atoms with Crippen molar-refractivity contribution in [2.45, 2.75) is 36.2 Å². The molecule has 2 aromatic rings. The van der Waals surface area contributed by atoms with E-state index in [0.29, 0.717) is 23.6 Å². The molecule has 0 aromatic carbocycles. The van der Waals surface area contributed by atoms with Crippen LogP contribution in [0.25, 0.3) is 0 Å². The summed E-state index contributed by atoms with van der Waals surface area (Å²) >= 11 is 1.20. The number of hydrazine groups is 1. The molecular weight excluding hydrogens is 410 g/mol. The number of nitrogens with zero attached hydrogens (tertiary/aromatic N) is 2. The molecule has 0 saturated carbocycles. The summed E-state index contributed by atoms with van der Waals surface area (Å²) in [5, 5.41) is 4.81. The van der Waals surface area contributed by atoms with Gasteiger partial charge in [0, 0.05) is 31.4 Å². The van der Waals surface area contributed by atoms with Crippen LogP contribution in [0.2, 0.25) is 0 Å². The van der Waals surface area contributed by atoms with Gasteiger partial charge in [0.05, 0.1) is 18.1 Å². The molecule has 0 bridgehead atoms. The first-order valence-electron chi connectivity index (χ1n) is 9.72. The molecule has 2 aromatic heterocycles. The van der Waals surface area contributed by atoms with E-state index < -0.39 is 10.0 Å². The molecule has 4 rings (SSSR count). The van der Waals surface area contributed by atoms with Gasteiger partial charge < -0.3 is 5.32 Å². The maximum Gasteiger partial charge on any atom is 0.252 e. The maximum absolute atomic E-state index is 12.9. The van der Waals surface area contributed by atoms with Crippen molar-refractivity contribution >= 4 is 27.3 Å². The van der Waals surface area contributed by atoms with Gasteiger partial charge in [0.15, 0.2) is 0 Å². The van der Waals surface area contributed by atoms with Crippen molar-refractivity contribution in [3.8, 4) is 0 Å². The van der Waals surface area contributed by atoms with Gasteiger partial charge in [-0.05, 0) is 42.0 Å². The number of aromatic nitrogens is 1. The van der Waals surface area contributed by atoms with Gasteiger partial charge in [-0.2, -0.15) is 4.31 Å². The zero-order valence-electron chi connectivity index (χ0n) is 16.1. The van der Waals surface area contributed by atoms with E-state index in [2.05, 4.69) is 28.1 Å². The van der Waals surface area contributed by atoms with E-state index in [4.69, 9.17) is 0 Å². The highest BCUT2D eigenvalue weighted by Crippen LogP contribution is 2.29. The second-order valence-electron chi connectivity index (χ2n) is 7.53. The average Bonchev–Trinajstić information content (AvgIpc) is 3.40. The van der Waals surface area contributed by atoms with E-state index in [9.17, 15) is 13.2 Å². The molecule has 29 heavy (non-hydrogen) atoms. The number of thiophene rings is 1. The van der Waals surface area contributed by atoms with E-state index in [1.807, 2.05) is 12.1 Å². The molecule has 2 aliphatic heterocycles. The largest absolute Gasteiger partial charge is 0.339 e. The predicted octanol–water partition coefficient (Wildman–Crippen LogP) is 1.47. The minimum atomic E-state index is -3.53. The van der Waals surface area contributed by atoms with Crippen LogP contribution in [0.3, 0.4) is 0 Å². The van der Waals surface area contributed by atoms with Crippen molar-refractivity contribution in [3.63, 3.8) is 0 Å². The van der Waals surface area contributed by atoms with Gasteiger partial charge >= 0.3 is 0 Å². The third kappa shape index (κ3) is 4.22. The van der Waals surface area contributed by atoms with Crippen LogP contribution in [0, 0.1) is 11.8 Å². The number of carbonyl (C=O) groups excluding carboxylic acids is 1. The third-order valence-electron chi connectivity index (χ3n) is 5.65. The molecule has 156 valence electrons. The lowest BCUT2D eigenvalue weighted by Gasteiger charge is -2.31. The molecule has 4 heterocycles. The molecule has 2 aliphatic rings. The molecule has 2 fully saturated rings. The highest BCUT2D eigenvalue weighted by Gasteiger charge is 2.38. The fourth-order valence-corrected chi connectivity index (χ4v) is 6.61. The number of sulfonamides is 1. The molecule has 2 saturated heterocycles. The summed E-state index contributed by atoms with van der Waals surface area (Å²) in [7, 11) is -3.53. The van der Waals surface area contributed by atoms with E-state index in [1.165, 1.54) is 15.6 Å². The van der Waals surface area contributed by atoms with Gasteiger partial charge in [0.1, 0.15) is 4.21 Å². The smallest absolute Gasteiger partial charge is 0.252 e. The second-order valence-corrected chi connectivity index (χ2v) is 10.6. The standard InChI is InChI=1S/C19H25N5O3S2/c1-13-17(14-6-8-20-9-7-14)22-23-18(13)21-19(25)15-4-2-10-24(12-15)29(26,27)16-5-3-11-28-16/h3,5-9,11,13,15,17-18,22-23H,2,4,10,12H2,1H3,(H,21,25). The lowest BCUT2D eigenvalue weighted by atomic mass is 9.94. The molecule has 1 amide bonds. The Balaban J connectivity index is 1.39. The highest BCUT2D eigenvalue weighted by molar-refractivity contribution is 7.91. The van der Waals surface area contributed by atoms with Gasteiger partial charge in [0.25, 0.3) is 10.0 Å². The number of rotatable bonds is 5. The molecule has 4 atom stereocenters. The summed E-state index contributed by atoms with van der Waals surface area (Å²) in [5.41, 5.74) is 7.49. The highest BCUT2D eigenvalue weighted by atomic mass is 32.2. The molecule has 0 spiro atoms. The molecular formula is C19H25N5O3S2. The van der Waals surface area contributed by atoms with Crippen LogP contribution in [0.15, 0.2) is 46.2 Å². The Morgan fingerprint density at radius 2 is 2.07 bits per heavy atom. The van der Waals surface area contributed by atoms with Crippen LogP contribution >= 0.6 is 11.3 Å². The number of amides is 1. The van der Waals surface area contributed by atoms with Crippen molar-refractivity contribution in [1.82, 2.24) is 25.5 Å². The Morgan fingerprint density at radius 1 is 1.28 bits per heavy atom. The zero-order chi connectivity index (χ0) is 20.4. The maximum atomic E-state index is 12.9. The van der Waals surface area contributed by atoms with Gasteiger partial charge in [-0.1, -0.05) is 13.0 Å². The average molecular weight is 436 g/mol. The normalized spacial score (nSPS) is 28.3. The van der Waals surface area contributed by atoms with Crippen LogP contribution in [0.4, 0.5) is 0 Å². The number of hydrogen-bond acceptors (Lipinski definition) is 7. The van der Waals surface area contributed by atoms with E-state index in [-0.39, 0.29) is 36.5 Å². The van der Waals surface area contributed by atoms with Crippen LogP contribution < -0.4 is 16.2 Å². The fourth-order valence-electron chi connectivity index (χ4n) is 3.94. The SMILES string of the molecule is CC1C(NC(=O)C2CCCN(S(=O)(=O)c3cccs3)C2)NNC1c1ccncc1. The number of pyridine rings is 1. The molecule has 0 aliphatic carbocycles. The minimum Gasteiger partial charge on any atom is -0.339 e. The van der Waals surface area contributed by atoms with Gasteiger partial charge in [-0.3, -0.25) is 9.78 Å². The van der Waals surface area contributed by atoms with E-state index >= 15 is 0 Å². The fraction of sp³-hybridized carbons (Fsp3) is 0.474. The van der Waals surface area contributed by atoms with Crippen LogP contribution in [0.1, 0.15) is 31.4 Å². The Bertz CT molecular complexity index is 936. The monoisotopic (exact) mass is 435 g/mol. The molecule has 8 nitrogen and oxygen atoms in total. The summed E-state index contributed by atoms with van der Waals surface area (Å²) in [4.78, 5) is 16.9. The van der Waals surface area contributed by atoms with Crippen molar-refractivity contribution in [2.75, 3.05) is 13.1 Å². The van der Waals surface area contributed by atoms with Gasteiger partial charge in [-0.25, -0.2) is 19.3 Å². The van der Waals surface area contributed by atoms with E-state index in [1.54, 1.807) is 29.9 Å². The summed E-state index contributed by atoms with van der Waals surface area (Å²) in [5.74, 6) is -0.346. The van der Waals surface area contributed by atoms with Crippen molar-refractivity contribution in [2.24, 2.45) is 11.8 Å². The second kappa shape index (κ2) is 8.49. The summed E-state index contributed by atoms with van der Waals surface area (Å²) in [6.07, 6.45) is 4.63. The first-order valence-corrected chi connectivity index (χ1v) is 12.0. The molecule has 10 heteroatoms. The number of hydrogen-bond donors (Lipinski definition) is 3. The zero-order valence-corrected chi connectivity index (χ0v) is 17.7. The lowest BCUT2D eigenvalue weighted by Crippen LogP contribution is -2.51. The molecule has 4 unspecified atom stereocenters. The Kier molecular flexibility index (Phi) is 5.98.